The number of rotatable bonds is 5. The fraction of sp³-hybridized carbons (Fsp3) is 0.250. The van der Waals surface area contributed by atoms with Gasteiger partial charge in [0.2, 0.25) is 0 Å². The number of carbonyl (C=O) groups is 1. The predicted octanol–water partition coefficient (Wildman–Crippen LogP) is 4.08. The molecule has 6 nitrogen and oxygen atoms in total. The van der Waals surface area contributed by atoms with Crippen LogP contribution in [-0.2, 0) is 16.1 Å². The van der Waals surface area contributed by atoms with Gasteiger partial charge in [0.1, 0.15) is 0 Å². The second kappa shape index (κ2) is 9.15. The number of thiazole rings is 1. The first-order chi connectivity index (χ1) is 16.9. The minimum Gasteiger partial charge on any atom is -0.463 e. The summed E-state index contributed by atoms with van der Waals surface area (Å²) in [6.45, 7) is 8.78. The number of esters is 1. The van der Waals surface area contributed by atoms with Crippen LogP contribution >= 0.6 is 11.3 Å². The Morgan fingerprint density at radius 1 is 1.11 bits per heavy atom. The van der Waals surface area contributed by atoms with E-state index in [1.807, 2.05) is 49.4 Å². The average Bonchev–Trinajstić information content (AvgIpc) is 3.36. The van der Waals surface area contributed by atoms with E-state index < -0.39 is 12.0 Å². The third kappa shape index (κ3) is 3.96. The zero-order valence-corrected chi connectivity index (χ0v) is 21.1. The Hall–Kier alpha value is -3.71. The molecule has 4 aromatic rings. The highest BCUT2D eigenvalue weighted by Gasteiger charge is 2.33. The third-order valence-electron chi connectivity index (χ3n) is 6.36. The number of nitrogens with zero attached hydrogens (tertiary/aromatic N) is 3. The standard InChI is InChI=1S/C28H27N3O3S/c1-5-30-16-20(21-9-7-8-10-22(21)30)15-23-26(32)31-25(19-13-11-17(3)12-14-19)24(27(33)34-6-2)18(4)29-28(31)35-23/h7-16,25H,5-6H2,1-4H3/b23-15-. The molecule has 0 spiro atoms. The molecule has 0 N–H and O–H groups in total. The van der Waals surface area contributed by atoms with Crippen molar-refractivity contribution in [1.82, 2.24) is 9.13 Å². The zero-order chi connectivity index (χ0) is 24.7. The monoisotopic (exact) mass is 485 g/mol. The lowest BCUT2D eigenvalue weighted by Gasteiger charge is -2.24. The largest absolute Gasteiger partial charge is 0.463 e. The molecule has 0 bridgehead atoms. The minimum absolute atomic E-state index is 0.165. The van der Waals surface area contributed by atoms with Gasteiger partial charge >= 0.3 is 5.97 Å². The molecule has 35 heavy (non-hydrogen) atoms. The second-order valence-corrected chi connectivity index (χ2v) is 9.61. The smallest absolute Gasteiger partial charge is 0.338 e. The van der Waals surface area contributed by atoms with Crippen molar-refractivity contribution < 1.29 is 9.53 Å². The Bertz CT molecular complexity index is 1650. The van der Waals surface area contributed by atoms with Crippen molar-refractivity contribution in [2.24, 2.45) is 4.99 Å². The van der Waals surface area contributed by atoms with Crippen LogP contribution in [0.2, 0.25) is 0 Å². The molecule has 1 atom stereocenters. The van der Waals surface area contributed by atoms with Gasteiger partial charge in [0.15, 0.2) is 4.80 Å². The Labute approximate surface area is 207 Å². The van der Waals surface area contributed by atoms with E-state index in [4.69, 9.17) is 4.74 Å². The first-order valence-electron chi connectivity index (χ1n) is 11.8. The molecule has 5 rings (SSSR count). The molecule has 2 aromatic heterocycles. The molecule has 0 saturated heterocycles. The van der Waals surface area contributed by atoms with E-state index >= 15 is 0 Å². The van der Waals surface area contributed by atoms with Crippen LogP contribution in [0.15, 0.2) is 75.8 Å². The summed E-state index contributed by atoms with van der Waals surface area (Å²) in [4.78, 5) is 32.1. The maximum atomic E-state index is 13.8. The van der Waals surface area contributed by atoms with E-state index in [9.17, 15) is 9.59 Å². The van der Waals surface area contributed by atoms with Crippen LogP contribution in [0.25, 0.3) is 17.0 Å². The van der Waals surface area contributed by atoms with Crippen LogP contribution in [0.1, 0.15) is 43.5 Å². The number of hydrogen-bond donors (Lipinski definition) is 0. The van der Waals surface area contributed by atoms with Crippen molar-refractivity contribution in [1.29, 1.82) is 0 Å². The van der Waals surface area contributed by atoms with E-state index in [0.717, 1.165) is 34.1 Å². The van der Waals surface area contributed by atoms with Crippen LogP contribution in [0.4, 0.5) is 0 Å². The molecule has 3 heterocycles. The van der Waals surface area contributed by atoms with Gasteiger partial charge in [0.05, 0.1) is 28.5 Å². The lowest BCUT2D eigenvalue weighted by molar-refractivity contribution is -0.139. The topological polar surface area (TPSA) is 65.6 Å². The summed E-state index contributed by atoms with van der Waals surface area (Å²) < 4.78 is 9.77. The van der Waals surface area contributed by atoms with E-state index in [0.29, 0.717) is 20.6 Å². The predicted molar refractivity (Wildman–Crippen MR) is 139 cm³/mol. The summed E-state index contributed by atoms with van der Waals surface area (Å²) in [6, 6.07) is 15.5. The number of benzene rings is 2. The number of para-hydroxylation sites is 1. The molecule has 0 radical (unpaired) electrons. The van der Waals surface area contributed by atoms with Crippen LogP contribution < -0.4 is 14.9 Å². The fourth-order valence-electron chi connectivity index (χ4n) is 4.65. The van der Waals surface area contributed by atoms with E-state index in [2.05, 4.69) is 34.8 Å². The molecule has 178 valence electrons. The summed E-state index contributed by atoms with van der Waals surface area (Å²) in [7, 11) is 0. The Balaban J connectivity index is 1.75. The molecule has 0 saturated carbocycles. The van der Waals surface area contributed by atoms with Crippen molar-refractivity contribution in [3.63, 3.8) is 0 Å². The number of aromatic nitrogens is 2. The van der Waals surface area contributed by atoms with Gasteiger partial charge in [-0.2, -0.15) is 0 Å². The fourth-order valence-corrected chi connectivity index (χ4v) is 5.69. The molecular weight excluding hydrogens is 458 g/mol. The lowest BCUT2D eigenvalue weighted by Crippen LogP contribution is -2.39. The van der Waals surface area contributed by atoms with Crippen molar-refractivity contribution in [2.75, 3.05) is 6.61 Å². The number of aryl methyl sites for hydroxylation is 2. The molecule has 0 amide bonds. The first-order valence-corrected chi connectivity index (χ1v) is 12.6. The van der Waals surface area contributed by atoms with Crippen molar-refractivity contribution in [3.05, 3.63) is 102 Å². The number of hydrogen-bond acceptors (Lipinski definition) is 5. The second-order valence-electron chi connectivity index (χ2n) is 8.60. The van der Waals surface area contributed by atoms with Gasteiger partial charge < -0.3 is 9.30 Å². The van der Waals surface area contributed by atoms with Gasteiger partial charge in [-0.05, 0) is 45.4 Å². The minimum atomic E-state index is -0.593. The van der Waals surface area contributed by atoms with Gasteiger partial charge in [0, 0.05) is 29.2 Å². The third-order valence-corrected chi connectivity index (χ3v) is 7.34. The summed E-state index contributed by atoms with van der Waals surface area (Å²) in [5.74, 6) is -0.445. The first kappa shape index (κ1) is 23.1. The normalized spacial score (nSPS) is 15.9. The van der Waals surface area contributed by atoms with Crippen LogP contribution in [0, 0.1) is 6.92 Å². The van der Waals surface area contributed by atoms with Crippen LogP contribution in [0.3, 0.4) is 0 Å². The highest BCUT2D eigenvalue weighted by molar-refractivity contribution is 7.07. The molecule has 0 fully saturated rings. The molecule has 1 aliphatic rings. The maximum Gasteiger partial charge on any atom is 0.338 e. The Kier molecular flexibility index (Phi) is 6.03. The van der Waals surface area contributed by atoms with Gasteiger partial charge in [-0.25, -0.2) is 9.79 Å². The van der Waals surface area contributed by atoms with Gasteiger partial charge in [-0.15, -0.1) is 0 Å². The van der Waals surface area contributed by atoms with E-state index in [-0.39, 0.29) is 12.2 Å². The molecule has 2 aromatic carbocycles. The number of fused-ring (bicyclic) bond motifs is 2. The van der Waals surface area contributed by atoms with Crippen LogP contribution in [0.5, 0.6) is 0 Å². The molecule has 0 aliphatic carbocycles. The van der Waals surface area contributed by atoms with E-state index in [1.54, 1.807) is 18.4 Å². The summed E-state index contributed by atoms with van der Waals surface area (Å²) >= 11 is 1.35. The highest BCUT2D eigenvalue weighted by atomic mass is 32.1. The van der Waals surface area contributed by atoms with Gasteiger partial charge in [-0.1, -0.05) is 59.4 Å². The summed E-state index contributed by atoms with van der Waals surface area (Å²) in [5.41, 5.74) is 4.88. The van der Waals surface area contributed by atoms with Gasteiger partial charge in [0.25, 0.3) is 5.56 Å². The zero-order valence-electron chi connectivity index (χ0n) is 20.2. The lowest BCUT2D eigenvalue weighted by atomic mass is 9.95. The van der Waals surface area contributed by atoms with Crippen molar-refractivity contribution in [2.45, 2.75) is 40.3 Å². The molecular formula is C28H27N3O3S. The van der Waals surface area contributed by atoms with Gasteiger partial charge in [-0.3, -0.25) is 9.36 Å². The highest BCUT2D eigenvalue weighted by Crippen LogP contribution is 2.31. The van der Waals surface area contributed by atoms with Crippen molar-refractivity contribution in [3.8, 4) is 0 Å². The maximum absolute atomic E-state index is 13.8. The Morgan fingerprint density at radius 3 is 2.57 bits per heavy atom. The van der Waals surface area contributed by atoms with Crippen LogP contribution in [-0.4, -0.2) is 21.7 Å². The average molecular weight is 486 g/mol. The molecule has 1 aliphatic heterocycles. The molecule has 1 unspecified atom stereocenters. The summed E-state index contributed by atoms with van der Waals surface area (Å²) in [6.07, 6.45) is 4.02. The van der Waals surface area contributed by atoms with E-state index in [1.165, 1.54) is 11.3 Å². The quantitative estimate of drug-likeness (QED) is 0.400. The number of carbonyl (C=O) groups excluding carboxylic acids is 1. The number of ether oxygens (including phenoxy) is 1. The molecule has 7 heteroatoms. The summed E-state index contributed by atoms with van der Waals surface area (Å²) in [5, 5.41) is 1.10. The van der Waals surface area contributed by atoms with Crippen molar-refractivity contribution >= 4 is 34.3 Å². The SMILES string of the molecule is CCOC(=O)C1=C(C)N=c2s/c(=C\c3cn(CC)c4ccccc34)c(=O)n2C1c1ccc(C)cc1. The Morgan fingerprint density at radius 2 is 1.86 bits per heavy atom. The number of allylic oxidation sites excluding steroid dienone is 1.